The summed E-state index contributed by atoms with van der Waals surface area (Å²) in [4.78, 5) is 0. The highest BCUT2D eigenvalue weighted by atomic mass is 16.5. The Morgan fingerprint density at radius 3 is 2.53 bits per heavy atom. The van der Waals surface area contributed by atoms with Crippen LogP contribution in [0.3, 0.4) is 0 Å². The minimum Gasteiger partial charge on any atom is -0.375 e. The van der Waals surface area contributed by atoms with Crippen LogP contribution in [0.1, 0.15) is 38.7 Å². The predicted molar refractivity (Wildman–Crippen MR) is 80.4 cm³/mol. The van der Waals surface area contributed by atoms with E-state index in [-0.39, 0.29) is 5.60 Å². The van der Waals surface area contributed by atoms with Crippen LogP contribution < -0.4 is 5.32 Å². The molecule has 1 N–H and O–H groups in total. The second-order valence-electron chi connectivity index (χ2n) is 5.50. The molecule has 106 valence electrons. The lowest BCUT2D eigenvalue weighted by Gasteiger charge is -2.33. The van der Waals surface area contributed by atoms with E-state index in [1.807, 2.05) is 13.8 Å². The summed E-state index contributed by atoms with van der Waals surface area (Å²) in [7, 11) is 0. The zero-order chi connectivity index (χ0) is 13.6. The van der Waals surface area contributed by atoms with E-state index in [4.69, 9.17) is 4.74 Å². The van der Waals surface area contributed by atoms with Crippen molar-refractivity contribution < 1.29 is 4.74 Å². The lowest BCUT2D eigenvalue weighted by molar-refractivity contribution is -0.0196. The zero-order valence-corrected chi connectivity index (χ0v) is 12.3. The maximum Gasteiger partial charge on any atom is 0.0710 e. The molecule has 2 saturated heterocycles. The van der Waals surface area contributed by atoms with Gasteiger partial charge < -0.3 is 10.1 Å². The van der Waals surface area contributed by atoms with Gasteiger partial charge in [0.2, 0.25) is 0 Å². The third kappa shape index (κ3) is 3.80. The average Bonchev–Trinajstić information content (AvgIpc) is 2.85. The molecule has 2 aliphatic rings. The summed E-state index contributed by atoms with van der Waals surface area (Å²) in [6.07, 6.45) is 4.82. The summed E-state index contributed by atoms with van der Waals surface area (Å²) < 4.78 is 6.13. The maximum absolute atomic E-state index is 6.13. The van der Waals surface area contributed by atoms with Crippen LogP contribution in [0.5, 0.6) is 0 Å². The number of hydrogen-bond donors (Lipinski definition) is 1. The lowest BCUT2D eigenvalue weighted by atomic mass is 9.84. The molecule has 2 nitrogen and oxygen atoms in total. The number of hydrogen-bond acceptors (Lipinski definition) is 2. The Bertz CT molecular complexity index is 357. The second kappa shape index (κ2) is 7.06. The molecular formula is C17H27NO. The van der Waals surface area contributed by atoms with Crippen molar-refractivity contribution in [2.45, 2.75) is 45.1 Å². The molecule has 0 bridgehead atoms. The normalized spacial score (nSPS) is 24.8. The van der Waals surface area contributed by atoms with Gasteiger partial charge in [0.15, 0.2) is 0 Å². The molecule has 19 heavy (non-hydrogen) atoms. The second-order valence-corrected chi connectivity index (χ2v) is 5.50. The molecule has 2 heteroatoms. The van der Waals surface area contributed by atoms with E-state index in [1.165, 1.54) is 31.2 Å². The van der Waals surface area contributed by atoms with Gasteiger partial charge in [-0.15, -0.1) is 0 Å². The average molecular weight is 261 g/mol. The lowest BCUT2D eigenvalue weighted by Crippen LogP contribution is -2.41. The molecule has 0 saturated carbocycles. The van der Waals surface area contributed by atoms with Crippen LogP contribution in [-0.4, -0.2) is 25.3 Å². The maximum atomic E-state index is 6.13. The van der Waals surface area contributed by atoms with E-state index in [0.717, 1.165) is 25.6 Å². The van der Waals surface area contributed by atoms with E-state index in [2.05, 4.69) is 35.6 Å². The summed E-state index contributed by atoms with van der Waals surface area (Å²) in [5.41, 5.74) is 1.66. The van der Waals surface area contributed by atoms with E-state index in [1.54, 1.807) is 0 Å². The van der Waals surface area contributed by atoms with Gasteiger partial charge in [0, 0.05) is 0 Å². The molecule has 1 aromatic rings. The van der Waals surface area contributed by atoms with Crippen molar-refractivity contribution in [2.24, 2.45) is 5.92 Å². The zero-order valence-electron chi connectivity index (χ0n) is 12.3. The quantitative estimate of drug-likeness (QED) is 0.881. The van der Waals surface area contributed by atoms with Crippen molar-refractivity contribution in [3.8, 4) is 0 Å². The van der Waals surface area contributed by atoms with Gasteiger partial charge in [0.25, 0.3) is 0 Å². The minimum absolute atomic E-state index is 0.213. The van der Waals surface area contributed by atoms with E-state index in [0.29, 0.717) is 0 Å². The molecule has 2 aliphatic heterocycles. The molecule has 3 rings (SSSR count). The van der Waals surface area contributed by atoms with Crippen molar-refractivity contribution in [3.63, 3.8) is 0 Å². The third-order valence-electron chi connectivity index (χ3n) is 4.17. The number of rotatable bonds is 2. The van der Waals surface area contributed by atoms with Crippen LogP contribution in [-0.2, 0) is 11.2 Å². The highest BCUT2D eigenvalue weighted by molar-refractivity contribution is 5.15. The number of piperidine rings is 1. The minimum atomic E-state index is 0.213. The Kier molecular flexibility index (Phi) is 5.41. The molecule has 2 fully saturated rings. The molecule has 1 aromatic carbocycles. The van der Waals surface area contributed by atoms with Crippen LogP contribution in [0.2, 0.25) is 0 Å². The topological polar surface area (TPSA) is 21.3 Å². The molecule has 0 aliphatic carbocycles. The van der Waals surface area contributed by atoms with Crippen molar-refractivity contribution in [2.75, 3.05) is 19.7 Å². The van der Waals surface area contributed by atoms with E-state index < -0.39 is 0 Å². The van der Waals surface area contributed by atoms with Gasteiger partial charge in [-0.1, -0.05) is 44.2 Å². The van der Waals surface area contributed by atoms with Crippen molar-refractivity contribution in [3.05, 3.63) is 35.9 Å². The van der Waals surface area contributed by atoms with Gasteiger partial charge in [-0.25, -0.2) is 0 Å². The molecule has 2 heterocycles. The highest BCUT2D eigenvalue weighted by Crippen LogP contribution is 2.38. The van der Waals surface area contributed by atoms with Crippen molar-refractivity contribution >= 4 is 0 Å². The first kappa shape index (κ1) is 14.5. The van der Waals surface area contributed by atoms with Gasteiger partial charge in [0.1, 0.15) is 0 Å². The molecule has 1 atom stereocenters. The van der Waals surface area contributed by atoms with Crippen LogP contribution >= 0.6 is 0 Å². The van der Waals surface area contributed by atoms with Crippen LogP contribution in [0.4, 0.5) is 0 Å². The number of ether oxygens (including phenoxy) is 1. The van der Waals surface area contributed by atoms with Crippen molar-refractivity contribution in [1.29, 1.82) is 0 Å². The summed E-state index contributed by atoms with van der Waals surface area (Å²) in [5, 5.41) is 3.42. The van der Waals surface area contributed by atoms with Crippen LogP contribution in [0, 0.1) is 5.92 Å². The highest BCUT2D eigenvalue weighted by Gasteiger charge is 2.40. The largest absolute Gasteiger partial charge is 0.375 e. The summed E-state index contributed by atoms with van der Waals surface area (Å²) in [5.74, 6) is 0.718. The Labute approximate surface area is 117 Å². The van der Waals surface area contributed by atoms with Crippen LogP contribution in [0.25, 0.3) is 0 Å². The molecule has 0 aromatic heterocycles. The standard InChI is InChI=1S/C15H21NO.C2H6/c1-2-4-13(5-3-1)10-14-11-15(17-12-14)6-8-16-9-7-15;1-2/h1-5,14,16H,6-12H2;1-2H3. The first-order chi connectivity index (χ1) is 9.36. The molecule has 0 radical (unpaired) electrons. The van der Waals surface area contributed by atoms with Gasteiger partial charge >= 0.3 is 0 Å². The monoisotopic (exact) mass is 261 g/mol. The van der Waals surface area contributed by atoms with Gasteiger partial charge in [-0.05, 0) is 50.3 Å². The summed E-state index contributed by atoms with van der Waals surface area (Å²) in [6.45, 7) is 7.20. The molecule has 0 amide bonds. The van der Waals surface area contributed by atoms with E-state index in [9.17, 15) is 0 Å². The Hall–Kier alpha value is -0.860. The molecule has 1 spiro atoms. The fourth-order valence-electron chi connectivity index (χ4n) is 3.25. The van der Waals surface area contributed by atoms with Gasteiger partial charge in [-0.3, -0.25) is 0 Å². The van der Waals surface area contributed by atoms with Crippen molar-refractivity contribution in [1.82, 2.24) is 5.32 Å². The first-order valence-corrected chi connectivity index (χ1v) is 7.75. The first-order valence-electron chi connectivity index (χ1n) is 7.75. The van der Waals surface area contributed by atoms with Gasteiger partial charge in [-0.2, -0.15) is 0 Å². The SMILES string of the molecule is CC.c1ccc(CC2COC3(CCNCC3)C2)cc1. The third-order valence-corrected chi connectivity index (χ3v) is 4.17. The molecule has 1 unspecified atom stereocenters. The molecular weight excluding hydrogens is 234 g/mol. The van der Waals surface area contributed by atoms with Crippen LogP contribution in [0.15, 0.2) is 30.3 Å². The fraction of sp³-hybridized carbons (Fsp3) is 0.647. The Morgan fingerprint density at radius 2 is 1.84 bits per heavy atom. The number of nitrogens with one attached hydrogen (secondary N) is 1. The Balaban J connectivity index is 0.000000637. The smallest absolute Gasteiger partial charge is 0.0710 e. The summed E-state index contributed by atoms with van der Waals surface area (Å²) in [6, 6.07) is 10.8. The Morgan fingerprint density at radius 1 is 1.16 bits per heavy atom. The van der Waals surface area contributed by atoms with Gasteiger partial charge in [0.05, 0.1) is 12.2 Å². The fourth-order valence-corrected chi connectivity index (χ4v) is 3.25. The van der Waals surface area contributed by atoms with E-state index >= 15 is 0 Å². The predicted octanol–water partition coefficient (Wildman–Crippen LogP) is 3.41. The summed E-state index contributed by atoms with van der Waals surface area (Å²) >= 11 is 0. The number of benzene rings is 1.